The normalized spacial score (nSPS) is 15.6. The minimum Gasteiger partial charge on any atom is -0.342 e. The van der Waals surface area contributed by atoms with Crippen LogP contribution in [0.2, 0.25) is 0 Å². The molecule has 6 rings (SSSR count). The molecule has 3 aromatic heterocycles. The molecular formula is C27H26N6. The van der Waals surface area contributed by atoms with E-state index in [1.165, 1.54) is 23.2 Å². The Bertz CT molecular complexity index is 1330. The van der Waals surface area contributed by atoms with Crippen LogP contribution in [-0.4, -0.2) is 24.5 Å². The average molecular weight is 435 g/mol. The highest BCUT2D eigenvalue weighted by molar-refractivity contribution is 5.74. The lowest BCUT2D eigenvalue weighted by Gasteiger charge is -2.26. The minimum absolute atomic E-state index is 0.276. The molecule has 0 radical (unpaired) electrons. The standard InChI is InChI=1S/C27H26N6/c1-2-6-24-23(5-1)31-26(32-24)16-21-11-10-20-4-3-7-25(27(20)30-21)29-17-19-8-12-22(13-9-19)33-15-14-28-18-33/h1-2,5-6,8-15,18,25,29H,3-4,7,16-17H2,(H,31,32). The number of pyridine rings is 1. The second-order valence-electron chi connectivity index (χ2n) is 8.69. The third kappa shape index (κ3) is 4.17. The van der Waals surface area contributed by atoms with Gasteiger partial charge in [0.2, 0.25) is 0 Å². The molecule has 0 saturated heterocycles. The molecule has 6 nitrogen and oxygen atoms in total. The Morgan fingerprint density at radius 1 is 1.00 bits per heavy atom. The van der Waals surface area contributed by atoms with Crippen molar-refractivity contribution in [3.63, 3.8) is 0 Å². The predicted molar refractivity (Wildman–Crippen MR) is 129 cm³/mol. The van der Waals surface area contributed by atoms with E-state index in [0.717, 1.165) is 47.6 Å². The molecule has 1 atom stereocenters. The van der Waals surface area contributed by atoms with Gasteiger partial charge < -0.3 is 14.9 Å². The summed E-state index contributed by atoms with van der Waals surface area (Å²) in [6, 6.07) is 21.5. The van der Waals surface area contributed by atoms with E-state index in [1.807, 2.05) is 35.3 Å². The van der Waals surface area contributed by atoms with Gasteiger partial charge in [-0.15, -0.1) is 0 Å². The number of aryl methyl sites for hydroxylation is 1. The van der Waals surface area contributed by atoms with Gasteiger partial charge in [-0.2, -0.15) is 0 Å². The van der Waals surface area contributed by atoms with Gasteiger partial charge in [0, 0.05) is 36.7 Å². The molecule has 5 aromatic rings. The topological polar surface area (TPSA) is 71.4 Å². The number of benzene rings is 2. The summed E-state index contributed by atoms with van der Waals surface area (Å²) in [4.78, 5) is 17.4. The molecule has 1 aliphatic carbocycles. The molecule has 0 fully saturated rings. The molecule has 2 N–H and O–H groups in total. The van der Waals surface area contributed by atoms with Crippen LogP contribution in [0.3, 0.4) is 0 Å². The first-order valence-electron chi connectivity index (χ1n) is 11.5. The molecule has 0 spiro atoms. The average Bonchev–Trinajstić information content (AvgIpc) is 3.53. The number of hydrogen-bond donors (Lipinski definition) is 2. The fourth-order valence-corrected chi connectivity index (χ4v) is 4.69. The molecule has 1 aliphatic rings. The summed E-state index contributed by atoms with van der Waals surface area (Å²) in [6.07, 6.45) is 9.69. The van der Waals surface area contributed by atoms with Crippen molar-refractivity contribution < 1.29 is 0 Å². The number of imidazole rings is 2. The number of fused-ring (bicyclic) bond motifs is 2. The summed E-state index contributed by atoms with van der Waals surface area (Å²) in [7, 11) is 0. The van der Waals surface area contributed by atoms with Gasteiger partial charge in [0.25, 0.3) is 0 Å². The lowest BCUT2D eigenvalue weighted by atomic mass is 9.91. The summed E-state index contributed by atoms with van der Waals surface area (Å²) < 4.78 is 2.02. The molecule has 1 unspecified atom stereocenters. The molecule has 0 aliphatic heterocycles. The van der Waals surface area contributed by atoms with Crippen LogP contribution in [0.4, 0.5) is 0 Å². The molecule has 0 bridgehead atoms. The molecule has 2 aromatic carbocycles. The number of aromatic amines is 1. The van der Waals surface area contributed by atoms with E-state index in [2.05, 4.69) is 57.7 Å². The number of aromatic nitrogens is 5. The number of H-pyrrole nitrogens is 1. The van der Waals surface area contributed by atoms with E-state index in [-0.39, 0.29) is 6.04 Å². The zero-order valence-electron chi connectivity index (χ0n) is 18.4. The van der Waals surface area contributed by atoms with E-state index in [9.17, 15) is 0 Å². The maximum Gasteiger partial charge on any atom is 0.113 e. The smallest absolute Gasteiger partial charge is 0.113 e. The quantitative estimate of drug-likeness (QED) is 0.399. The van der Waals surface area contributed by atoms with Crippen LogP contribution in [0, 0.1) is 0 Å². The molecule has 6 heteroatoms. The minimum atomic E-state index is 0.276. The Hall–Kier alpha value is -3.77. The third-order valence-corrected chi connectivity index (χ3v) is 6.42. The highest BCUT2D eigenvalue weighted by Gasteiger charge is 2.22. The lowest BCUT2D eigenvalue weighted by Crippen LogP contribution is -2.26. The van der Waals surface area contributed by atoms with E-state index >= 15 is 0 Å². The summed E-state index contributed by atoms with van der Waals surface area (Å²) in [5.74, 6) is 0.960. The number of para-hydroxylation sites is 2. The van der Waals surface area contributed by atoms with Crippen molar-refractivity contribution in [2.75, 3.05) is 0 Å². The molecule has 0 amide bonds. The highest BCUT2D eigenvalue weighted by Crippen LogP contribution is 2.29. The molecular weight excluding hydrogens is 408 g/mol. The largest absolute Gasteiger partial charge is 0.342 e. The Kier molecular flexibility index (Phi) is 5.20. The maximum atomic E-state index is 5.09. The maximum absolute atomic E-state index is 5.09. The van der Waals surface area contributed by atoms with Crippen LogP contribution in [0.25, 0.3) is 16.7 Å². The van der Waals surface area contributed by atoms with Gasteiger partial charge >= 0.3 is 0 Å². The Labute approximate surface area is 192 Å². The summed E-state index contributed by atoms with van der Waals surface area (Å²) in [5, 5.41) is 3.76. The van der Waals surface area contributed by atoms with Crippen LogP contribution in [-0.2, 0) is 19.4 Å². The number of nitrogens with zero attached hydrogens (tertiary/aromatic N) is 4. The third-order valence-electron chi connectivity index (χ3n) is 6.42. The van der Waals surface area contributed by atoms with Crippen LogP contribution in [0.15, 0.2) is 79.4 Å². The summed E-state index contributed by atoms with van der Waals surface area (Å²) >= 11 is 0. The fourth-order valence-electron chi connectivity index (χ4n) is 4.69. The monoisotopic (exact) mass is 434 g/mol. The van der Waals surface area contributed by atoms with Crippen molar-refractivity contribution in [1.82, 2.24) is 29.8 Å². The molecule has 33 heavy (non-hydrogen) atoms. The SMILES string of the molecule is c1ccc2[nH]c(Cc3ccc4c(n3)C(NCc3ccc(-n5ccnc5)cc3)CCC4)nc2c1. The number of rotatable bonds is 6. The highest BCUT2D eigenvalue weighted by atomic mass is 15.0. The van der Waals surface area contributed by atoms with Gasteiger partial charge in [-0.05, 0) is 60.7 Å². The van der Waals surface area contributed by atoms with E-state index in [0.29, 0.717) is 6.42 Å². The lowest BCUT2D eigenvalue weighted by molar-refractivity contribution is 0.446. The van der Waals surface area contributed by atoms with Crippen LogP contribution < -0.4 is 5.32 Å². The first-order valence-corrected chi connectivity index (χ1v) is 11.5. The fraction of sp³-hybridized carbons (Fsp3) is 0.222. The van der Waals surface area contributed by atoms with E-state index in [4.69, 9.17) is 9.97 Å². The Morgan fingerprint density at radius 3 is 2.76 bits per heavy atom. The van der Waals surface area contributed by atoms with Crippen molar-refractivity contribution in [3.8, 4) is 5.69 Å². The van der Waals surface area contributed by atoms with Crippen molar-refractivity contribution in [2.45, 2.75) is 38.3 Å². The molecule has 3 heterocycles. The summed E-state index contributed by atoms with van der Waals surface area (Å²) in [5.41, 5.74) is 8.09. The van der Waals surface area contributed by atoms with Crippen LogP contribution >= 0.6 is 0 Å². The Morgan fingerprint density at radius 2 is 1.91 bits per heavy atom. The van der Waals surface area contributed by atoms with Gasteiger partial charge in [-0.1, -0.05) is 30.3 Å². The van der Waals surface area contributed by atoms with Crippen molar-refractivity contribution in [1.29, 1.82) is 0 Å². The van der Waals surface area contributed by atoms with Crippen LogP contribution in [0.5, 0.6) is 0 Å². The van der Waals surface area contributed by atoms with Crippen molar-refractivity contribution in [3.05, 3.63) is 108 Å². The molecule has 164 valence electrons. The molecule has 0 saturated carbocycles. The van der Waals surface area contributed by atoms with Crippen molar-refractivity contribution >= 4 is 11.0 Å². The Balaban J connectivity index is 1.17. The first-order chi connectivity index (χ1) is 16.3. The second kappa shape index (κ2) is 8.64. The van der Waals surface area contributed by atoms with E-state index in [1.54, 1.807) is 6.20 Å². The first kappa shape index (κ1) is 19.9. The van der Waals surface area contributed by atoms with Gasteiger partial charge in [0.15, 0.2) is 0 Å². The predicted octanol–water partition coefficient (Wildman–Crippen LogP) is 4.90. The van der Waals surface area contributed by atoms with Crippen LogP contribution in [0.1, 0.15) is 47.2 Å². The van der Waals surface area contributed by atoms with E-state index < -0.39 is 0 Å². The summed E-state index contributed by atoms with van der Waals surface area (Å²) in [6.45, 7) is 0.823. The zero-order valence-corrected chi connectivity index (χ0v) is 18.4. The van der Waals surface area contributed by atoms with Gasteiger partial charge in [0.05, 0.1) is 29.1 Å². The van der Waals surface area contributed by atoms with Crippen molar-refractivity contribution in [2.24, 2.45) is 0 Å². The van der Waals surface area contributed by atoms with Gasteiger partial charge in [-0.3, -0.25) is 4.98 Å². The number of nitrogens with one attached hydrogen (secondary N) is 2. The zero-order chi connectivity index (χ0) is 22.0. The van der Waals surface area contributed by atoms with Gasteiger partial charge in [-0.25, -0.2) is 9.97 Å². The van der Waals surface area contributed by atoms with Gasteiger partial charge in [0.1, 0.15) is 5.82 Å². The second-order valence-corrected chi connectivity index (χ2v) is 8.69. The number of hydrogen-bond acceptors (Lipinski definition) is 4.